The van der Waals surface area contributed by atoms with Crippen molar-refractivity contribution in [3.8, 4) is 5.75 Å². The first-order valence-corrected chi connectivity index (χ1v) is 6.24. The maximum Gasteiger partial charge on any atom is 0.274 e. The molecule has 0 spiro atoms. The third-order valence-electron chi connectivity index (χ3n) is 2.97. The lowest BCUT2D eigenvalue weighted by molar-refractivity contribution is -0.384. The molecule has 0 unspecified atom stereocenters. The summed E-state index contributed by atoms with van der Waals surface area (Å²) in [5.74, 6) is -0.815. The van der Waals surface area contributed by atoms with Crippen molar-refractivity contribution in [1.82, 2.24) is 9.78 Å². The van der Waals surface area contributed by atoms with Crippen molar-refractivity contribution in [3.05, 3.63) is 45.8 Å². The molecule has 8 heteroatoms. The van der Waals surface area contributed by atoms with E-state index in [9.17, 15) is 20.0 Å². The number of hydrogen-bond donors (Lipinski definition) is 2. The van der Waals surface area contributed by atoms with Crippen LogP contribution in [0.15, 0.2) is 24.3 Å². The molecule has 8 nitrogen and oxygen atoms in total. The van der Waals surface area contributed by atoms with E-state index in [-0.39, 0.29) is 17.1 Å². The van der Waals surface area contributed by atoms with Gasteiger partial charge in [-0.3, -0.25) is 19.6 Å². The van der Waals surface area contributed by atoms with Gasteiger partial charge in [0.2, 0.25) is 0 Å². The predicted molar refractivity (Wildman–Crippen MR) is 75.3 cm³/mol. The quantitative estimate of drug-likeness (QED) is 0.507. The highest BCUT2D eigenvalue weighted by atomic mass is 16.6. The minimum absolute atomic E-state index is 0.102. The molecule has 0 aliphatic heterocycles. The number of aromatic nitrogens is 2. The van der Waals surface area contributed by atoms with Crippen LogP contribution in [0.25, 0.3) is 0 Å². The van der Waals surface area contributed by atoms with Gasteiger partial charge < -0.3 is 10.4 Å². The number of aryl methyl sites for hydroxylation is 2. The molecule has 0 atom stereocenters. The van der Waals surface area contributed by atoms with Crippen molar-refractivity contribution in [2.24, 2.45) is 7.05 Å². The molecule has 2 aromatic rings. The summed E-state index contributed by atoms with van der Waals surface area (Å²) in [5.41, 5.74) is 0.962. The van der Waals surface area contributed by atoms with E-state index in [4.69, 9.17) is 0 Å². The fourth-order valence-corrected chi connectivity index (χ4v) is 1.84. The average molecular weight is 290 g/mol. The standard InChI is InChI=1S/C13H14N4O4/c1-3-8-6-11(16(2)15-8)13(19)14-10-5-4-9(17(20)21)7-12(10)18/h4-7,18H,3H2,1-2H3,(H,14,19). The van der Waals surface area contributed by atoms with E-state index in [1.165, 1.54) is 16.8 Å². The van der Waals surface area contributed by atoms with Crippen molar-refractivity contribution >= 4 is 17.3 Å². The van der Waals surface area contributed by atoms with E-state index in [0.717, 1.165) is 11.8 Å². The van der Waals surface area contributed by atoms with Gasteiger partial charge in [0.1, 0.15) is 11.4 Å². The Morgan fingerprint density at radius 2 is 2.19 bits per heavy atom. The van der Waals surface area contributed by atoms with Crippen LogP contribution in [-0.2, 0) is 13.5 Å². The molecule has 0 fully saturated rings. The van der Waals surface area contributed by atoms with Crippen molar-refractivity contribution in [3.63, 3.8) is 0 Å². The van der Waals surface area contributed by atoms with E-state index in [1.54, 1.807) is 13.1 Å². The number of nitrogens with one attached hydrogen (secondary N) is 1. The highest BCUT2D eigenvalue weighted by molar-refractivity contribution is 6.04. The van der Waals surface area contributed by atoms with Crippen LogP contribution in [0.3, 0.4) is 0 Å². The number of phenols is 1. The summed E-state index contributed by atoms with van der Waals surface area (Å²) in [6.07, 6.45) is 0.698. The molecule has 0 radical (unpaired) electrons. The number of phenolic OH excluding ortho intramolecular Hbond substituents is 1. The van der Waals surface area contributed by atoms with Crippen LogP contribution in [0.1, 0.15) is 23.1 Å². The Labute approximate surface area is 120 Å². The Hall–Kier alpha value is -2.90. The largest absolute Gasteiger partial charge is 0.506 e. The lowest BCUT2D eigenvalue weighted by Gasteiger charge is -2.07. The van der Waals surface area contributed by atoms with Crippen LogP contribution in [0.2, 0.25) is 0 Å². The Bertz CT molecular complexity index is 708. The van der Waals surface area contributed by atoms with E-state index in [2.05, 4.69) is 10.4 Å². The third-order valence-corrected chi connectivity index (χ3v) is 2.97. The fraction of sp³-hybridized carbons (Fsp3) is 0.231. The highest BCUT2D eigenvalue weighted by Crippen LogP contribution is 2.28. The minimum Gasteiger partial charge on any atom is -0.506 e. The molecular weight excluding hydrogens is 276 g/mol. The number of anilines is 1. The smallest absolute Gasteiger partial charge is 0.274 e. The van der Waals surface area contributed by atoms with Crippen molar-refractivity contribution in [2.45, 2.75) is 13.3 Å². The summed E-state index contributed by atoms with van der Waals surface area (Å²) in [7, 11) is 1.64. The molecule has 1 amide bonds. The maximum atomic E-state index is 12.1. The average Bonchev–Trinajstić information content (AvgIpc) is 2.82. The first-order valence-electron chi connectivity index (χ1n) is 6.24. The van der Waals surface area contributed by atoms with Crippen LogP contribution < -0.4 is 5.32 Å². The van der Waals surface area contributed by atoms with Gasteiger partial charge in [0.05, 0.1) is 22.4 Å². The summed E-state index contributed by atoms with van der Waals surface area (Å²) in [5, 5.41) is 27.0. The Balaban J connectivity index is 2.23. The minimum atomic E-state index is -0.625. The summed E-state index contributed by atoms with van der Waals surface area (Å²) in [4.78, 5) is 22.1. The number of nitrogens with zero attached hydrogens (tertiary/aromatic N) is 3. The molecule has 0 bridgehead atoms. The maximum absolute atomic E-state index is 12.1. The van der Waals surface area contributed by atoms with Gasteiger partial charge in [0.15, 0.2) is 0 Å². The Kier molecular flexibility index (Phi) is 3.88. The summed E-state index contributed by atoms with van der Waals surface area (Å²) >= 11 is 0. The SMILES string of the molecule is CCc1cc(C(=O)Nc2ccc([N+](=O)[O-])cc2O)n(C)n1. The molecule has 1 heterocycles. The number of hydrogen-bond acceptors (Lipinski definition) is 5. The van der Waals surface area contributed by atoms with E-state index < -0.39 is 10.8 Å². The summed E-state index contributed by atoms with van der Waals surface area (Å²) in [6.45, 7) is 1.92. The Morgan fingerprint density at radius 1 is 1.48 bits per heavy atom. The van der Waals surface area contributed by atoms with Gasteiger partial charge in [-0.05, 0) is 18.6 Å². The second-order valence-corrected chi connectivity index (χ2v) is 4.41. The molecule has 1 aromatic heterocycles. The molecule has 110 valence electrons. The first-order chi connectivity index (χ1) is 9.92. The van der Waals surface area contributed by atoms with Crippen molar-refractivity contribution < 1.29 is 14.8 Å². The number of carbonyl (C=O) groups is 1. The number of nitro benzene ring substituents is 1. The summed E-state index contributed by atoms with van der Waals surface area (Å²) < 4.78 is 1.44. The highest BCUT2D eigenvalue weighted by Gasteiger charge is 2.16. The van der Waals surface area contributed by atoms with Crippen LogP contribution in [0.5, 0.6) is 5.75 Å². The number of carbonyl (C=O) groups excluding carboxylic acids is 1. The second kappa shape index (κ2) is 5.61. The number of nitro groups is 1. The van der Waals surface area contributed by atoms with Gasteiger partial charge in [-0.25, -0.2) is 0 Å². The first kappa shape index (κ1) is 14.5. The van der Waals surface area contributed by atoms with Gasteiger partial charge in [-0.15, -0.1) is 0 Å². The fourth-order valence-electron chi connectivity index (χ4n) is 1.84. The van der Waals surface area contributed by atoms with Gasteiger partial charge in [-0.1, -0.05) is 6.92 Å². The monoisotopic (exact) mass is 290 g/mol. The topological polar surface area (TPSA) is 110 Å². The third kappa shape index (κ3) is 2.99. The van der Waals surface area contributed by atoms with Crippen molar-refractivity contribution in [2.75, 3.05) is 5.32 Å². The van der Waals surface area contributed by atoms with Crippen LogP contribution in [0, 0.1) is 10.1 Å². The van der Waals surface area contributed by atoms with E-state index in [0.29, 0.717) is 12.1 Å². The van der Waals surface area contributed by atoms with Gasteiger partial charge in [-0.2, -0.15) is 5.10 Å². The van der Waals surface area contributed by atoms with Gasteiger partial charge in [0, 0.05) is 13.1 Å². The zero-order chi connectivity index (χ0) is 15.6. The molecule has 2 N–H and O–H groups in total. The zero-order valence-electron chi connectivity index (χ0n) is 11.5. The van der Waals surface area contributed by atoms with Crippen molar-refractivity contribution in [1.29, 1.82) is 0 Å². The predicted octanol–water partition coefficient (Wildman–Crippen LogP) is 1.85. The number of aromatic hydroxyl groups is 1. The van der Waals surface area contributed by atoms with Gasteiger partial charge >= 0.3 is 0 Å². The molecule has 21 heavy (non-hydrogen) atoms. The lowest BCUT2D eigenvalue weighted by atomic mass is 10.2. The number of amides is 1. The lowest BCUT2D eigenvalue weighted by Crippen LogP contribution is -2.16. The molecule has 0 aliphatic carbocycles. The number of benzene rings is 1. The molecular formula is C13H14N4O4. The molecule has 2 rings (SSSR count). The summed E-state index contributed by atoms with van der Waals surface area (Å²) in [6, 6.07) is 5.12. The second-order valence-electron chi connectivity index (χ2n) is 4.41. The zero-order valence-corrected chi connectivity index (χ0v) is 11.5. The van der Waals surface area contributed by atoms with Crippen LogP contribution in [0.4, 0.5) is 11.4 Å². The molecule has 1 aromatic carbocycles. The van der Waals surface area contributed by atoms with E-state index >= 15 is 0 Å². The van der Waals surface area contributed by atoms with Crippen LogP contribution >= 0.6 is 0 Å². The van der Waals surface area contributed by atoms with E-state index in [1.807, 2.05) is 6.92 Å². The number of rotatable bonds is 4. The molecule has 0 saturated heterocycles. The Morgan fingerprint density at radius 3 is 2.71 bits per heavy atom. The molecule has 0 aliphatic rings. The van der Waals surface area contributed by atoms with Crippen LogP contribution in [-0.4, -0.2) is 25.7 Å². The van der Waals surface area contributed by atoms with Gasteiger partial charge in [0.25, 0.3) is 11.6 Å². The molecule has 0 saturated carbocycles. The number of non-ortho nitro benzene ring substituents is 1. The normalized spacial score (nSPS) is 10.4.